The first-order valence-corrected chi connectivity index (χ1v) is 11.7. The van der Waals surface area contributed by atoms with Crippen LogP contribution in [0.4, 0.5) is 13.2 Å². The van der Waals surface area contributed by atoms with E-state index in [1.54, 1.807) is 6.20 Å². The Labute approximate surface area is 178 Å². The van der Waals surface area contributed by atoms with Crippen LogP contribution in [-0.4, -0.2) is 71.1 Å². The fourth-order valence-corrected chi connectivity index (χ4v) is 6.13. The van der Waals surface area contributed by atoms with Gasteiger partial charge in [0.05, 0.1) is 0 Å². The average Bonchev–Trinajstić information content (AvgIpc) is 3.10. The lowest BCUT2D eigenvalue weighted by Crippen LogP contribution is -2.63. The van der Waals surface area contributed by atoms with E-state index in [9.17, 15) is 26.4 Å². The van der Waals surface area contributed by atoms with E-state index in [0.717, 1.165) is 35.3 Å². The number of halogens is 3. The molecule has 0 bridgehead atoms. The van der Waals surface area contributed by atoms with E-state index >= 15 is 0 Å². The van der Waals surface area contributed by atoms with Crippen LogP contribution in [0.2, 0.25) is 0 Å². The number of aromatic amines is 1. The van der Waals surface area contributed by atoms with Gasteiger partial charge in [-0.25, -0.2) is 17.7 Å². The minimum atomic E-state index is -4.69. The molecule has 2 aliphatic heterocycles. The summed E-state index contributed by atoms with van der Waals surface area (Å²) in [6.45, 7) is 1.94. The monoisotopic (exact) mass is 458 g/mol. The van der Waals surface area contributed by atoms with E-state index in [4.69, 9.17) is 0 Å². The molecule has 0 aliphatic carbocycles. The third-order valence-electron chi connectivity index (χ3n) is 6.54. The molecule has 2 aromatic rings. The zero-order valence-corrected chi connectivity index (χ0v) is 18.1. The number of nitrogens with zero attached hydrogens (tertiary/aromatic N) is 3. The van der Waals surface area contributed by atoms with Crippen LogP contribution in [-0.2, 0) is 14.8 Å². The molecule has 4 heterocycles. The maximum absolute atomic E-state index is 13.1. The molecule has 0 atom stereocenters. The van der Waals surface area contributed by atoms with Gasteiger partial charge in [-0.2, -0.15) is 13.2 Å². The second-order valence-electron chi connectivity index (χ2n) is 8.82. The van der Waals surface area contributed by atoms with Crippen molar-refractivity contribution in [3.63, 3.8) is 0 Å². The molecule has 1 N–H and O–H groups in total. The van der Waals surface area contributed by atoms with Gasteiger partial charge >= 0.3 is 6.18 Å². The van der Waals surface area contributed by atoms with Gasteiger partial charge in [0.25, 0.3) is 0 Å². The molecular formula is C20H25F3N4O3S. The lowest BCUT2D eigenvalue weighted by atomic mass is 9.89. The third-order valence-corrected chi connectivity index (χ3v) is 8.76. The topological polar surface area (TPSA) is 86.4 Å². The number of amides is 1. The normalized spacial score (nSPS) is 20.2. The summed E-state index contributed by atoms with van der Waals surface area (Å²) in [6.07, 6.45) is 0.244. The fraction of sp³-hybridized carbons (Fsp3) is 0.600. The second-order valence-corrected chi connectivity index (χ2v) is 11.0. The van der Waals surface area contributed by atoms with Crippen LogP contribution in [0.5, 0.6) is 0 Å². The average molecular weight is 459 g/mol. The Hall–Kier alpha value is -2.14. The molecule has 7 nitrogen and oxygen atoms in total. The van der Waals surface area contributed by atoms with Gasteiger partial charge in [-0.3, -0.25) is 4.79 Å². The maximum Gasteiger partial charge on any atom is 0.402 e. The number of rotatable bonds is 4. The molecule has 2 aromatic heterocycles. The van der Waals surface area contributed by atoms with Crippen molar-refractivity contribution in [2.75, 3.05) is 26.2 Å². The quantitative estimate of drug-likeness (QED) is 0.764. The number of carbonyl (C=O) groups excluding carboxylic acids is 1. The lowest BCUT2D eigenvalue weighted by molar-refractivity contribution is -0.218. The molecule has 2 saturated heterocycles. The van der Waals surface area contributed by atoms with E-state index in [1.807, 2.05) is 18.3 Å². The van der Waals surface area contributed by atoms with Gasteiger partial charge in [-0.05, 0) is 50.3 Å². The van der Waals surface area contributed by atoms with Gasteiger partial charge in [-0.1, -0.05) is 0 Å². The summed E-state index contributed by atoms with van der Waals surface area (Å²) >= 11 is 0. The summed E-state index contributed by atoms with van der Waals surface area (Å²) < 4.78 is 66.6. The standard InChI is InChI=1S/C20H25F3N4O3S/c1-19(2,20(21,22)23)18(28)26-11-14(12-26)31(29,30)27-8-5-13(6-9-27)16-10-25-17-15(16)4-3-7-24-17/h3-4,7,10,13-14H,5-6,8-9,11-12H2,1-2H3,(H,24,25). The van der Waals surface area contributed by atoms with Crippen LogP contribution in [0.25, 0.3) is 11.0 Å². The molecule has 31 heavy (non-hydrogen) atoms. The van der Waals surface area contributed by atoms with Crippen LogP contribution in [0.3, 0.4) is 0 Å². The number of aromatic nitrogens is 2. The third kappa shape index (κ3) is 3.71. The Kier molecular flexibility index (Phi) is 5.32. The minimum absolute atomic E-state index is 0.200. The number of fused-ring (bicyclic) bond motifs is 1. The first-order chi connectivity index (χ1) is 14.4. The van der Waals surface area contributed by atoms with Gasteiger partial charge in [0.15, 0.2) is 0 Å². The molecule has 0 radical (unpaired) electrons. The van der Waals surface area contributed by atoms with E-state index in [-0.39, 0.29) is 19.0 Å². The van der Waals surface area contributed by atoms with E-state index in [2.05, 4.69) is 9.97 Å². The lowest BCUT2D eigenvalue weighted by Gasteiger charge is -2.45. The van der Waals surface area contributed by atoms with Crippen molar-refractivity contribution in [1.82, 2.24) is 19.2 Å². The summed E-state index contributed by atoms with van der Waals surface area (Å²) in [5.74, 6) is -0.880. The molecule has 1 amide bonds. The summed E-state index contributed by atoms with van der Waals surface area (Å²) in [5.41, 5.74) is -0.614. The predicted molar refractivity (Wildman–Crippen MR) is 109 cm³/mol. The number of likely N-dealkylation sites (tertiary alicyclic amines) is 1. The number of sulfonamides is 1. The largest absolute Gasteiger partial charge is 0.402 e. The first kappa shape index (κ1) is 22.1. The highest BCUT2D eigenvalue weighted by atomic mass is 32.2. The SMILES string of the molecule is CC(C)(C(=O)N1CC(S(=O)(=O)N2CCC(c3c[nH]c4ncccc34)CC2)C1)C(F)(F)F. The molecule has 11 heteroatoms. The molecule has 2 aliphatic rings. The van der Waals surface area contributed by atoms with Gasteiger partial charge < -0.3 is 9.88 Å². The predicted octanol–water partition coefficient (Wildman–Crippen LogP) is 2.87. The molecular weight excluding hydrogens is 433 g/mol. The highest BCUT2D eigenvalue weighted by Gasteiger charge is 2.57. The number of carbonyl (C=O) groups is 1. The van der Waals surface area contributed by atoms with Crippen LogP contribution >= 0.6 is 0 Å². The number of hydrogen-bond donors (Lipinski definition) is 1. The highest BCUT2D eigenvalue weighted by molar-refractivity contribution is 7.89. The zero-order chi connectivity index (χ0) is 22.6. The zero-order valence-electron chi connectivity index (χ0n) is 17.3. The first-order valence-electron chi connectivity index (χ1n) is 10.2. The van der Waals surface area contributed by atoms with Crippen LogP contribution < -0.4 is 0 Å². The van der Waals surface area contributed by atoms with Crippen molar-refractivity contribution >= 4 is 27.0 Å². The Balaban J connectivity index is 1.37. The van der Waals surface area contributed by atoms with Crippen LogP contribution in [0, 0.1) is 5.41 Å². The molecule has 2 fully saturated rings. The molecule has 0 aromatic carbocycles. The van der Waals surface area contributed by atoms with Gasteiger partial charge in [0, 0.05) is 44.0 Å². The Morgan fingerprint density at radius 2 is 1.84 bits per heavy atom. The van der Waals surface area contributed by atoms with Crippen molar-refractivity contribution in [3.05, 3.63) is 30.1 Å². The van der Waals surface area contributed by atoms with Gasteiger partial charge in [0.2, 0.25) is 15.9 Å². The summed E-state index contributed by atoms with van der Waals surface area (Å²) in [6, 6.07) is 3.85. The Morgan fingerprint density at radius 1 is 1.19 bits per heavy atom. The second kappa shape index (κ2) is 7.47. The summed E-state index contributed by atoms with van der Waals surface area (Å²) in [7, 11) is -3.67. The molecule has 0 spiro atoms. The van der Waals surface area contributed by atoms with Crippen LogP contribution in [0.1, 0.15) is 38.2 Å². The summed E-state index contributed by atoms with van der Waals surface area (Å²) in [4.78, 5) is 20.6. The van der Waals surface area contributed by atoms with Crippen LogP contribution in [0.15, 0.2) is 24.5 Å². The summed E-state index contributed by atoms with van der Waals surface area (Å²) in [5, 5.41) is 0.179. The number of piperidine rings is 1. The number of H-pyrrole nitrogens is 1. The van der Waals surface area contributed by atoms with E-state index < -0.39 is 32.8 Å². The fourth-order valence-electron chi connectivity index (χ4n) is 4.26. The van der Waals surface area contributed by atoms with Crippen molar-refractivity contribution < 1.29 is 26.4 Å². The van der Waals surface area contributed by atoms with Gasteiger partial charge in [0.1, 0.15) is 16.3 Å². The number of pyridine rings is 1. The number of alkyl halides is 3. The molecule has 0 unspecified atom stereocenters. The molecule has 4 rings (SSSR count). The number of hydrogen-bond acceptors (Lipinski definition) is 4. The Bertz CT molecular complexity index is 1080. The maximum atomic E-state index is 13.1. The Morgan fingerprint density at radius 3 is 2.45 bits per heavy atom. The van der Waals surface area contributed by atoms with E-state index in [0.29, 0.717) is 25.9 Å². The smallest absolute Gasteiger partial charge is 0.346 e. The van der Waals surface area contributed by atoms with Crippen molar-refractivity contribution in [2.24, 2.45) is 5.41 Å². The van der Waals surface area contributed by atoms with E-state index in [1.165, 1.54) is 4.31 Å². The van der Waals surface area contributed by atoms with Crippen molar-refractivity contribution in [2.45, 2.75) is 44.0 Å². The molecule has 170 valence electrons. The van der Waals surface area contributed by atoms with Gasteiger partial charge in [-0.15, -0.1) is 0 Å². The highest BCUT2D eigenvalue weighted by Crippen LogP contribution is 2.41. The van der Waals surface area contributed by atoms with Crippen molar-refractivity contribution in [3.8, 4) is 0 Å². The minimum Gasteiger partial charge on any atom is -0.346 e. The van der Waals surface area contributed by atoms with Crippen molar-refractivity contribution in [1.29, 1.82) is 0 Å². The number of nitrogens with one attached hydrogen (secondary N) is 1. The molecule has 0 saturated carbocycles.